The molecule has 0 aliphatic heterocycles. The zero-order valence-corrected chi connectivity index (χ0v) is 11.9. The Morgan fingerprint density at radius 2 is 1.60 bits per heavy atom. The van der Waals surface area contributed by atoms with E-state index in [1.54, 1.807) is 12.1 Å². The predicted octanol–water partition coefficient (Wildman–Crippen LogP) is 3.66. The molecule has 1 aliphatic rings. The Labute approximate surface area is 119 Å². The molecule has 2 aromatic rings. The number of allylic oxidation sites excluding steroid dienone is 2. The highest BCUT2D eigenvalue weighted by Gasteiger charge is 2.10. The van der Waals surface area contributed by atoms with Crippen molar-refractivity contribution < 1.29 is 8.42 Å². The maximum absolute atomic E-state index is 11.4. The molecule has 3 rings (SSSR count). The summed E-state index contributed by atoms with van der Waals surface area (Å²) in [6.45, 7) is 0. The van der Waals surface area contributed by atoms with Gasteiger partial charge in [-0.2, -0.15) is 0 Å². The molecule has 0 fully saturated rings. The van der Waals surface area contributed by atoms with Crippen molar-refractivity contribution in [2.24, 2.45) is 0 Å². The number of hydrogen-bond donors (Lipinski definition) is 0. The van der Waals surface area contributed by atoms with Crippen LogP contribution in [0.25, 0.3) is 17.7 Å². The van der Waals surface area contributed by atoms with E-state index < -0.39 is 9.84 Å². The summed E-state index contributed by atoms with van der Waals surface area (Å²) in [7, 11) is -3.13. The van der Waals surface area contributed by atoms with Crippen LogP contribution in [0.5, 0.6) is 0 Å². The molecular formula is C17H14O2S. The summed E-state index contributed by atoms with van der Waals surface area (Å²) < 4.78 is 22.9. The molecular weight excluding hydrogens is 268 g/mol. The van der Waals surface area contributed by atoms with Crippen LogP contribution in [0.2, 0.25) is 0 Å². The van der Waals surface area contributed by atoms with Crippen LogP contribution < -0.4 is 0 Å². The molecule has 3 heteroatoms. The van der Waals surface area contributed by atoms with Gasteiger partial charge in [0, 0.05) is 6.26 Å². The van der Waals surface area contributed by atoms with Crippen molar-refractivity contribution in [3.8, 4) is 0 Å². The first-order valence-corrected chi connectivity index (χ1v) is 8.22. The molecule has 20 heavy (non-hydrogen) atoms. The van der Waals surface area contributed by atoms with Crippen molar-refractivity contribution in [2.75, 3.05) is 6.26 Å². The first-order valence-electron chi connectivity index (χ1n) is 6.33. The molecule has 0 aromatic heterocycles. The van der Waals surface area contributed by atoms with E-state index in [0.29, 0.717) is 4.90 Å². The van der Waals surface area contributed by atoms with Gasteiger partial charge in [0.25, 0.3) is 0 Å². The van der Waals surface area contributed by atoms with E-state index in [-0.39, 0.29) is 0 Å². The number of rotatable bonds is 2. The van der Waals surface area contributed by atoms with Crippen molar-refractivity contribution in [1.82, 2.24) is 0 Å². The average Bonchev–Trinajstić information content (AvgIpc) is 2.82. The van der Waals surface area contributed by atoms with Crippen molar-refractivity contribution in [2.45, 2.75) is 4.90 Å². The van der Waals surface area contributed by atoms with E-state index in [1.165, 1.54) is 17.4 Å². The van der Waals surface area contributed by atoms with E-state index in [0.717, 1.165) is 11.1 Å². The Bertz CT molecular complexity index is 810. The van der Waals surface area contributed by atoms with Crippen LogP contribution in [-0.2, 0) is 9.84 Å². The molecule has 1 aliphatic carbocycles. The summed E-state index contributed by atoms with van der Waals surface area (Å²) in [6.07, 6.45) is 7.45. The second-order valence-corrected chi connectivity index (χ2v) is 6.88. The van der Waals surface area contributed by atoms with Gasteiger partial charge in [-0.05, 0) is 40.5 Å². The van der Waals surface area contributed by atoms with Crippen LogP contribution >= 0.6 is 0 Å². The Kier molecular flexibility index (Phi) is 3.07. The molecule has 2 nitrogen and oxygen atoms in total. The zero-order valence-electron chi connectivity index (χ0n) is 11.1. The van der Waals surface area contributed by atoms with Crippen LogP contribution in [0, 0.1) is 0 Å². The summed E-state index contributed by atoms with van der Waals surface area (Å²) in [5.41, 5.74) is 4.56. The molecule has 2 aromatic carbocycles. The van der Waals surface area contributed by atoms with E-state index in [9.17, 15) is 8.42 Å². The molecule has 0 N–H and O–H groups in total. The largest absolute Gasteiger partial charge is 0.224 e. The fourth-order valence-corrected chi connectivity index (χ4v) is 2.92. The lowest BCUT2D eigenvalue weighted by Gasteiger charge is -2.02. The Balaban J connectivity index is 1.97. The number of benzene rings is 2. The van der Waals surface area contributed by atoms with Gasteiger partial charge >= 0.3 is 0 Å². The lowest BCUT2D eigenvalue weighted by Crippen LogP contribution is -1.96. The fraction of sp³-hybridized carbons (Fsp3) is 0.0588. The van der Waals surface area contributed by atoms with Crippen molar-refractivity contribution in [1.29, 1.82) is 0 Å². The molecule has 0 unspecified atom stereocenters. The molecule has 0 radical (unpaired) electrons. The van der Waals surface area contributed by atoms with Gasteiger partial charge in [0.05, 0.1) is 4.90 Å². The monoisotopic (exact) mass is 282 g/mol. The SMILES string of the molecule is CS(=O)(=O)c1ccc(/C=C2/C=Cc3ccccc32)cc1. The molecule has 0 spiro atoms. The second kappa shape index (κ2) is 4.76. The van der Waals surface area contributed by atoms with Crippen LogP contribution in [0.1, 0.15) is 16.7 Å². The molecule has 0 amide bonds. The topological polar surface area (TPSA) is 34.1 Å². The minimum atomic E-state index is -3.13. The molecule has 0 heterocycles. The third kappa shape index (κ3) is 2.45. The van der Waals surface area contributed by atoms with Gasteiger partial charge in [-0.15, -0.1) is 0 Å². The molecule has 0 saturated carbocycles. The normalized spacial score (nSPS) is 15.6. The first-order chi connectivity index (χ1) is 9.54. The van der Waals surface area contributed by atoms with Crippen molar-refractivity contribution >= 4 is 27.6 Å². The third-order valence-corrected chi connectivity index (χ3v) is 4.47. The third-order valence-electron chi connectivity index (χ3n) is 3.34. The smallest absolute Gasteiger partial charge is 0.175 e. The summed E-state index contributed by atoms with van der Waals surface area (Å²) in [5.74, 6) is 0. The summed E-state index contributed by atoms with van der Waals surface area (Å²) >= 11 is 0. The minimum Gasteiger partial charge on any atom is -0.224 e. The quantitative estimate of drug-likeness (QED) is 0.842. The number of fused-ring (bicyclic) bond motifs is 1. The first kappa shape index (κ1) is 12.9. The standard InChI is InChI=1S/C17H14O2S/c1-20(18,19)16-10-6-13(7-11-16)12-15-9-8-14-4-2-3-5-17(14)15/h2-12H,1H3/b15-12-. The average molecular weight is 282 g/mol. The van der Waals surface area contributed by atoms with Gasteiger partial charge in [-0.3, -0.25) is 0 Å². The van der Waals surface area contributed by atoms with Gasteiger partial charge in [0.15, 0.2) is 9.84 Å². The summed E-state index contributed by atoms with van der Waals surface area (Å²) in [6, 6.07) is 15.2. The highest BCUT2D eigenvalue weighted by molar-refractivity contribution is 7.90. The van der Waals surface area contributed by atoms with Crippen LogP contribution in [0.3, 0.4) is 0 Å². The lowest BCUT2D eigenvalue weighted by atomic mass is 10.0. The van der Waals surface area contributed by atoms with Gasteiger partial charge < -0.3 is 0 Å². The predicted molar refractivity (Wildman–Crippen MR) is 82.9 cm³/mol. The molecule has 0 atom stereocenters. The summed E-state index contributed by atoms with van der Waals surface area (Å²) in [5, 5.41) is 0. The zero-order chi connectivity index (χ0) is 14.2. The van der Waals surface area contributed by atoms with Crippen LogP contribution in [0.15, 0.2) is 59.5 Å². The van der Waals surface area contributed by atoms with E-state index in [4.69, 9.17) is 0 Å². The van der Waals surface area contributed by atoms with E-state index in [2.05, 4.69) is 30.4 Å². The summed E-state index contributed by atoms with van der Waals surface area (Å²) in [4.78, 5) is 0.349. The maximum atomic E-state index is 11.4. The van der Waals surface area contributed by atoms with Crippen molar-refractivity contribution in [3.63, 3.8) is 0 Å². The van der Waals surface area contributed by atoms with Crippen LogP contribution in [-0.4, -0.2) is 14.7 Å². The van der Waals surface area contributed by atoms with Gasteiger partial charge in [0.1, 0.15) is 0 Å². The molecule has 0 saturated heterocycles. The van der Waals surface area contributed by atoms with Crippen LogP contribution in [0.4, 0.5) is 0 Å². The molecule has 100 valence electrons. The van der Waals surface area contributed by atoms with Gasteiger partial charge in [-0.25, -0.2) is 8.42 Å². The Morgan fingerprint density at radius 3 is 2.30 bits per heavy atom. The lowest BCUT2D eigenvalue weighted by molar-refractivity contribution is 0.602. The van der Waals surface area contributed by atoms with E-state index >= 15 is 0 Å². The highest BCUT2D eigenvalue weighted by Crippen LogP contribution is 2.30. The highest BCUT2D eigenvalue weighted by atomic mass is 32.2. The fourth-order valence-electron chi connectivity index (χ4n) is 2.29. The molecule has 0 bridgehead atoms. The Morgan fingerprint density at radius 1 is 0.900 bits per heavy atom. The second-order valence-electron chi connectivity index (χ2n) is 4.86. The van der Waals surface area contributed by atoms with Crippen molar-refractivity contribution in [3.05, 3.63) is 71.3 Å². The van der Waals surface area contributed by atoms with Gasteiger partial charge in [-0.1, -0.05) is 48.6 Å². The number of hydrogen-bond acceptors (Lipinski definition) is 2. The van der Waals surface area contributed by atoms with E-state index in [1.807, 2.05) is 24.3 Å². The number of sulfone groups is 1. The van der Waals surface area contributed by atoms with Gasteiger partial charge in [0.2, 0.25) is 0 Å². The minimum absolute atomic E-state index is 0.349. The maximum Gasteiger partial charge on any atom is 0.175 e. The Hall–Kier alpha value is -2.13.